The molecule has 3 aromatic rings. The van der Waals surface area contributed by atoms with Crippen molar-refractivity contribution in [2.45, 2.75) is 33.4 Å². The summed E-state index contributed by atoms with van der Waals surface area (Å²) in [7, 11) is 0. The fourth-order valence-corrected chi connectivity index (χ4v) is 3.58. The first-order valence-electron chi connectivity index (χ1n) is 9.42. The van der Waals surface area contributed by atoms with E-state index in [1.807, 2.05) is 24.3 Å². The minimum atomic E-state index is 0.0198. The third-order valence-corrected chi connectivity index (χ3v) is 5.11. The Hall–Kier alpha value is -2.25. The molecule has 0 atom stereocenters. The van der Waals surface area contributed by atoms with Crippen molar-refractivity contribution in [3.8, 4) is 0 Å². The Kier molecular flexibility index (Phi) is 4.74. The van der Waals surface area contributed by atoms with Crippen LogP contribution in [0.4, 0.5) is 0 Å². The van der Waals surface area contributed by atoms with E-state index in [2.05, 4.69) is 28.4 Å². The zero-order valence-electron chi connectivity index (χ0n) is 15.4. The number of aryl methyl sites for hydroxylation is 1. The van der Waals surface area contributed by atoms with Crippen LogP contribution in [0.15, 0.2) is 29.1 Å². The standard InChI is InChI=1S/C19H25N5O2/c1-14(2)7-8-23-18(25)15-5-3-4-6-16(15)24-17(20-21-19(23)24)13-22-9-11-26-12-10-22/h3-6,14H,7-13H2,1-2H3/p+1. The summed E-state index contributed by atoms with van der Waals surface area (Å²) in [5.41, 5.74) is 0.910. The molecule has 0 saturated carbocycles. The van der Waals surface area contributed by atoms with Crippen LogP contribution in [0, 0.1) is 5.92 Å². The number of rotatable bonds is 5. The second-order valence-corrected chi connectivity index (χ2v) is 7.45. The molecule has 1 aromatic carbocycles. The largest absolute Gasteiger partial charge is 0.370 e. The maximum absolute atomic E-state index is 13.0. The maximum Gasteiger partial charge on any atom is 0.262 e. The molecule has 1 saturated heterocycles. The number of hydrogen-bond donors (Lipinski definition) is 1. The van der Waals surface area contributed by atoms with E-state index < -0.39 is 0 Å². The van der Waals surface area contributed by atoms with Gasteiger partial charge in [0.1, 0.15) is 19.6 Å². The van der Waals surface area contributed by atoms with Gasteiger partial charge in [-0.2, -0.15) is 0 Å². The molecule has 1 aliphatic rings. The lowest BCUT2D eigenvalue weighted by Crippen LogP contribution is -3.12. The van der Waals surface area contributed by atoms with Gasteiger partial charge in [0, 0.05) is 6.54 Å². The van der Waals surface area contributed by atoms with E-state index >= 15 is 0 Å². The zero-order valence-corrected chi connectivity index (χ0v) is 15.4. The Bertz CT molecular complexity index is 969. The van der Waals surface area contributed by atoms with Gasteiger partial charge >= 0.3 is 0 Å². The fraction of sp³-hybridized carbons (Fsp3) is 0.526. The van der Waals surface area contributed by atoms with Crippen molar-refractivity contribution in [2.24, 2.45) is 5.92 Å². The van der Waals surface area contributed by atoms with Gasteiger partial charge in [0.05, 0.1) is 24.1 Å². The molecule has 1 N–H and O–H groups in total. The highest BCUT2D eigenvalue weighted by Crippen LogP contribution is 2.15. The van der Waals surface area contributed by atoms with E-state index in [-0.39, 0.29) is 5.56 Å². The monoisotopic (exact) mass is 356 g/mol. The fourth-order valence-electron chi connectivity index (χ4n) is 3.58. The van der Waals surface area contributed by atoms with Crippen LogP contribution in [0.5, 0.6) is 0 Å². The quantitative estimate of drug-likeness (QED) is 0.723. The SMILES string of the molecule is CC(C)CCn1c(=O)c2ccccc2n2c(C[NH+]3CCOCC3)nnc12. The molecule has 7 heteroatoms. The summed E-state index contributed by atoms with van der Waals surface area (Å²) in [6, 6.07) is 7.76. The van der Waals surface area contributed by atoms with Crippen LogP contribution in [-0.4, -0.2) is 45.5 Å². The summed E-state index contributed by atoms with van der Waals surface area (Å²) in [4.78, 5) is 14.5. The van der Waals surface area contributed by atoms with Crippen LogP contribution in [0.2, 0.25) is 0 Å². The van der Waals surface area contributed by atoms with Gasteiger partial charge in [-0.05, 0) is 24.5 Å². The minimum absolute atomic E-state index is 0.0198. The van der Waals surface area contributed by atoms with Crippen molar-refractivity contribution in [3.05, 3.63) is 40.4 Å². The average Bonchev–Trinajstić information content (AvgIpc) is 3.06. The summed E-state index contributed by atoms with van der Waals surface area (Å²) >= 11 is 0. The lowest BCUT2D eigenvalue weighted by molar-refractivity contribution is -0.922. The van der Waals surface area contributed by atoms with Crippen LogP contribution in [-0.2, 0) is 17.8 Å². The molecule has 3 heterocycles. The van der Waals surface area contributed by atoms with E-state index in [1.54, 1.807) is 4.57 Å². The lowest BCUT2D eigenvalue weighted by Gasteiger charge is -2.23. The van der Waals surface area contributed by atoms with E-state index in [0.717, 1.165) is 56.0 Å². The van der Waals surface area contributed by atoms with Gasteiger partial charge < -0.3 is 9.64 Å². The van der Waals surface area contributed by atoms with E-state index in [4.69, 9.17) is 4.74 Å². The van der Waals surface area contributed by atoms with Crippen molar-refractivity contribution < 1.29 is 9.64 Å². The second kappa shape index (κ2) is 7.17. The number of benzene rings is 1. The molecule has 1 fully saturated rings. The minimum Gasteiger partial charge on any atom is -0.370 e. The third kappa shape index (κ3) is 3.12. The molecule has 0 amide bonds. The Morgan fingerprint density at radius 3 is 2.73 bits per heavy atom. The second-order valence-electron chi connectivity index (χ2n) is 7.45. The van der Waals surface area contributed by atoms with Gasteiger partial charge in [-0.15, -0.1) is 10.2 Å². The lowest BCUT2D eigenvalue weighted by atomic mass is 10.1. The molecule has 7 nitrogen and oxygen atoms in total. The van der Waals surface area contributed by atoms with E-state index in [1.165, 1.54) is 4.90 Å². The van der Waals surface area contributed by atoms with Crippen LogP contribution in [0.1, 0.15) is 26.1 Å². The molecule has 0 spiro atoms. The number of ether oxygens (including phenoxy) is 1. The van der Waals surface area contributed by atoms with Crippen LogP contribution in [0.3, 0.4) is 0 Å². The van der Waals surface area contributed by atoms with Gasteiger partial charge in [0.25, 0.3) is 5.56 Å². The summed E-state index contributed by atoms with van der Waals surface area (Å²) in [5, 5.41) is 9.59. The van der Waals surface area contributed by atoms with Gasteiger partial charge in [-0.1, -0.05) is 26.0 Å². The predicted molar refractivity (Wildman–Crippen MR) is 99.4 cm³/mol. The Morgan fingerprint density at radius 2 is 1.96 bits per heavy atom. The Labute approximate surface area is 152 Å². The molecular formula is C19H26N5O2+. The molecule has 0 bridgehead atoms. The highest BCUT2D eigenvalue weighted by atomic mass is 16.5. The number of nitrogens with one attached hydrogen (secondary N) is 1. The summed E-state index contributed by atoms with van der Waals surface area (Å²) in [6.45, 7) is 9.29. The van der Waals surface area contributed by atoms with Crippen LogP contribution >= 0.6 is 0 Å². The van der Waals surface area contributed by atoms with Gasteiger partial charge in [-0.3, -0.25) is 13.8 Å². The zero-order chi connectivity index (χ0) is 18.1. The van der Waals surface area contributed by atoms with Crippen molar-refractivity contribution in [1.29, 1.82) is 0 Å². The van der Waals surface area contributed by atoms with E-state index in [9.17, 15) is 4.79 Å². The maximum atomic E-state index is 13.0. The van der Waals surface area contributed by atoms with Crippen molar-refractivity contribution >= 4 is 16.7 Å². The number of aromatic nitrogens is 4. The number of para-hydroxylation sites is 1. The molecule has 4 rings (SSSR count). The number of fused-ring (bicyclic) bond motifs is 3. The number of nitrogens with zero attached hydrogens (tertiary/aromatic N) is 4. The normalized spacial score (nSPS) is 16.1. The molecule has 26 heavy (non-hydrogen) atoms. The Morgan fingerprint density at radius 1 is 1.19 bits per heavy atom. The van der Waals surface area contributed by atoms with E-state index in [0.29, 0.717) is 18.2 Å². The summed E-state index contributed by atoms with van der Waals surface area (Å²) in [6.07, 6.45) is 0.935. The van der Waals surface area contributed by atoms with Crippen LogP contribution in [0.25, 0.3) is 16.7 Å². The molecule has 0 radical (unpaired) electrons. The first-order chi connectivity index (χ1) is 12.6. The third-order valence-electron chi connectivity index (χ3n) is 5.11. The van der Waals surface area contributed by atoms with Crippen molar-refractivity contribution in [2.75, 3.05) is 26.3 Å². The summed E-state index contributed by atoms with van der Waals surface area (Å²) < 4.78 is 9.31. The van der Waals surface area contributed by atoms with Gasteiger partial charge in [-0.25, -0.2) is 0 Å². The van der Waals surface area contributed by atoms with Crippen LogP contribution < -0.4 is 10.5 Å². The first-order valence-corrected chi connectivity index (χ1v) is 9.42. The van der Waals surface area contributed by atoms with Crippen molar-refractivity contribution in [1.82, 2.24) is 19.2 Å². The average molecular weight is 356 g/mol. The number of quaternary nitrogens is 1. The molecule has 138 valence electrons. The molecule has 1 aliphatic heterocycles. The number of hydrogen-bond acceptors (Lipinski definition) is 4. The summed E-state index contributed by atoms with van der Waals surface area (Å²) in [5.74, 6) is 2.08. The number of morpholine rings is 1. The first kappa shape index (κ1) is 17.2. The van der Waals surface area contributed by atoms with Gasteiger partial charge in [0.15, 0.2) is 5.82 Å². The molecular weight excluding hydrogens is 330 g/mol. The highest BCUT2D eigenvalue weighted by Gasteiger charge is 2.21. The smallest absolute Gasteiger partial charge is 0.262 e. The predicted octanol–water partition coefficient (Wildman–Crippen LogP) is 0.505. The molecule has 2 aromatic heterocycles. The molecule has 0 unspecified atom stereocenters. The molecule has 0 aliphatic carbocycles. The Balaban J connectivity index is 1.85. The highest BCUT2D eigenvalue weighted by molar-refractivity contribution is 5.80. The topological polar surface area (TPSA) is 65.9 Å². The van der Waals surface area contributed by atoms with Crippen molar-refractivity contribution in [3.63, 3.8) is 0 Å². The van der Waals surface area contributed by atoms with Gasteiger partial charge in [0.2, 0.25) is 5.78 Å².